The number of ether oxygens (including phenoxy) is 1. The molecule has 0 radical (unpaired) electrons. The van der Waals surface area contributed by atoms with Gasteiger partial charge in [-0.2, -0.15) is 0 Å². The molecule has 2 rings (SSSR count). The van der Waals surface area contributed by atoms with Gasteiger partial charge in [-0.15, -0.1) is 0 Å². The summed E-state index contributed by atoms with van der Waals surface area (Å²) in [5, 5.41) is 10.5. The fourth-order valence-electron chi connectivity index (χ4n) is 2.67. The molecule has 1 heterocycles. The molecule has 0 bridgehead atoms. The van der Waals surface area contributed by atoms with Crippen LogP contribution in [0.25, 0.3) is 0 Å². The maximum absolute atomic E-state index is 13.2. The number of aryl methyl sites for hydroxylation is 2. The van der Waals surface area contributed by atoms with Crippen LogP contribution in [0.1, 0.15) is 42.6 Å². The van der Waals surface area contributed by atoms with Crippen molar-refractivity contribution < 1.29 is 14.2 Å². The molecular formula is C14H19FO2. The van der Waals surface area contributed by atoms with E-state index in [1.165, 1.54) is 12.1 Å². The van der Waals surface area contributed by atoms with Gasteiger partial charge in [-0.25, -0.2) is 4.39 Å². The third-order valence-electron chi connectivity index (χ3n) is 3.66. The molecule has 2 atom stereocenters. The lowest BCUT2D eigenvalue weighted by Gasteiger charge is -2.31. The molecule has 2 nitrogen and oxygen atoms in total. The molecular weight excluding hydrogens is 219 g/mol. The third kappa shape index (κ3) is 2.22. The number of halogens is 1. The normalized spacial score (nSPS) is 26.2. The van der Waals surface area contributed by atoms with Gasteiger partial charge in [0.1, 0.15) is 11.9 Å². The summed E-state index contributed by atoms with van der Waals surface area (Å²) in [6.45, 7) is 6.26. The molecule has 0 aromatic heterocycles. The van der Waals surface area contributed by atoms with Crippen molar-refractivity contribution in [3.63, 3.8) is 0 Å². The van der Waals surface area contributed by atoms with Crippen molar-refractivity contribution in [3.8, 4) is 0 Å². The molecule has 2 unspecified atom stereocenters. The fraction of sp³-hybridized carbons (Fsp3) is 0.571. The van der Waals surface area contributed by atoms with Gasteiger partial charge in [0.15, 0.2) is 0 Å². The Labute approximate surface area is 101 Å². The van der Waals surface area contributed by atoms with E-state index in [-0.39, 0.29) is 5.82 Å². The smallest absolute Gasteiger partial charge is 0.123 e. The maximum Gasteiger partial charge on any atom is 0.123 e. The first kappa shape index (κ1) is 12.5. The summed E-state index contributed by atoms with van der Waals surface area (Å²) >= 11 is 0. The summed E-state index contributed by atoms with van der Waals surface area (Å²) in [6.07, 6.45) is 1.11. The van der Waals surface area contributed by atoms with Crippen molar-refractivity contribution >= 4 is 0 Å². The van der Waals surface area contributed by atoms with Crippen molar-refractivity contribution in [2.24, 2.45) is 0 Å². The molecule has 0 aliphatic carbocycles. The van der Waals surface area contributed by atoms with E-state index in [9.17, 15) is 9.50 Å². The monoisotopic (exact) mass is 238 g/mol. The number of hydrogen-bond donors (Lipinski definition) is 1. The molecule has 17 heavy (non-hydrogen) atoms. The molecule has 0 amide bonds. The van der Waals surface area contributed by atoms with Gasteiger partial charge in [-0.05, 0) is 62.4 Å². The van der Waals surface area contributed by atoms with Gasteiger partial charge in [-0.3, -0.25) is 0 Å². The first-order chi connectivity index (χ1) is 7.94. The van der Waals surface area contributed by atoms with Crippen LogP contribution in [0.5, 0.6) is 0 Å². The van der Waals surface area contributed by atoms with Crippen molar-refractivity contribution in [2.45, 2.75) is 45.3 Å². The molecule has 1 aromatic rings. The summed E-state index contributed by atoms with van der Waals surface area (Å²) in [7, 11) is 0. The molecule has 0 spiro atoms. The van der Waals surface area contributed by atoms with E-state index in [4.69, 9.17) is 4.74 Å². The largest absolute Gasteiger partial charge is 0.385 e. The van der Waals surface area contributed by atoms with E-state index < -0.39 is 11.7 Å². The zero-order valence-corrected chi connectivity index (χ0v) is 10.6. The molecule has 0 saturated carbocycles. The summed E-state index contributed by atoms with van der Waals surface area (Å²) in [5.74, 6) is -0.256. The van der Waals surface area contributed by atoms with Gasteiger partial charge < -0.3 is 9.84 Å². The zero-order chi connectivity index (χ0) is 12.6. The molecule has 1 fully saturated rings. The Bertz CT molecular complexity index is 399. The van der Waals surface area contributed by atoms with E-state index >= 15 is 0 Å². The fourth-order valence-corrected chi connectivity index (χ4v) is 2.67. The van der Waals surface area contributed by atoms with Crippen molar-refractivity contribution in [1.29, 1.82) is 0 Å². The van der Waals surface area contributed by atoms with Crippen molar-refractivity contribution in [1.82, 2.24) is 0 Å². The van der Waals surface area contributed by atoms with E-state index in [0.29, 0.717) is 6.61 Å². The summed E-state index contributed by atoms with van der Waals surface area (Å²) in [5.41, 5.74) is 1.84. The molecule has 3 heteroatoms. The Kier molecular flexibility index (Phi) is 3.23. The Hall–Kier alpha value is -0.930. The minimum atomic E-state index is -0.689. The van der Waals surface area contributed by atoms with Crippen LogP contribution in [0.4, 0.5) is 4.39 Å². The molecule has 94 valence electrons. The standard InChI is InChI=1S/C14H19FO2/c1-9-7-11(15)8-10(2)12(9)13(16)14(3)5-4-6-17-14/h7-8,13,16H,4-6H2,1-3H3. The highest BCUT2D eigenvalue weighted by molar-refractivity contribution is 5.37. The molecule has 1 N–H and O–H groups in total. The minimum absolute atomic E-state index is 0.256. The minimum Gasteiger partial charge on any atom is -0.385 e. The van der Waals surface area contributed by atoms with E-state index in [1.807, 2.05) is 20.8 Å². The lowest BCUT2D eigenvalue weighted by Crippen LogP contribution is -2.32. The van der Waals surface area contributed by atoms with Crippen LogP contribution in [-0.2, 0) is 4.74 Å². The SMILES string of the molecule is Cc1cc(F)cc(C)c1C(O)C1(C)CCCO1. The van der Waals surface area contributed by atoms with Crippen LogP contribution in [0, 0.1) is 19.7 Å². The number of hydrogen-bond acceptors (Lipinski definition) is 2. The van der Waals surface area contributed by atoms with Crippen molar-refractivity contribution in [2.75, 3.05) is 6.61 Å². The van der Waals surface area contributed by atoms with E-state index in [2.05, 4.69) is 0 Å². The average Bonchev–Trinajstić information content (AvgIpc) is 2.64. The lowest BCUT2D eigenvalue weighted by atomic mass is 9.86. The second-order valence-corrected chi connectivity index (χ2v) is 5.12. The topological polar surface area (TPSA) is 29.5 Å². The Morgan fingerprint density at radius 2 is 1.94 bits per heavy atom. The van der Waals surface area contributed by atoms with Gasteiger partial charge in [0.25, 0.3) is 0 Å². The number of aliphatic hydroxyl groups excluding tert-OH is 1. The van der Waals surface area contributed by atoms with Gasteiger partial charge in [0, 0.05) is 6.61 Å². The van der Waals surface area contributed by atoms with Crippen LogP contribution >= 0.6 is 0 Å². The Morgan fingerprint density at radius 1 is 1.35 bits per heavy atom. The average molecular weight is 238 g/mol. The Morgan fingerprint density at radius 3 is 2.41 bits per heavy atom. The third-order valence-corrected chi connectivity index (χ3v) is 3.66. The van der Waals surface area contributed by atoms with Gasteiger partial charge in [0.05, 0.1) is 5.60 Å². The van der Waals surface area contributed by atoms with E-state index in [0.717, 1.165) is 29.5 Å². The van der Waals surface area contributed by atoms with Gasteiger partial charge in [-0.1, -0.05) is 0 Å². The predicted molar refractivity (Wildman–Crippen MR) is 64.4 cm³/mol. The van der Waals surface area contributed by atoms with Crippen LogP contribution < -0.4 is 0 Å². The summed E-state index contributed by atoms with van der Waals surface area (Å²) in [4.78, 5) is 0. The number of benzene rings is 1. The first-order valence-electron chi connectivity index (χ1n) is 6.03. The van der Waals surface area contributed by atoms with Gasteiger partial charge in [0.2, 0.25) is 0 Å². The molecule has 1 saturated heterocycles. The van der Waals surface area contributed by atoms with Gasteiger partial charge >= 0.3 is 0 Å². The second-order valence-electron chi connectivity index (χ2n) is 5.12. The van der Waals surface area contributed by atoms with Crippen LogP contribution in [-0.4, -0.2) is 17.3 Å². The van der Waals surface area contributed by atoms with E-state index in [1.54, 1.807) is 0 Å². The summed E-state index contributed by atoms with van der Waals surface area (Å²) in [6, 6.07) is 2.92. The lowest BCUT2D eigenvalue weighted by molar-refractivity contribution is -0.0801. The number of aliphatic hydroxyl groups is 1. The van der Waals surface area contributed by atoms with Crippen molar-refractivity contribution in [3.05, 3.63) is 34.6 Å². The predicted octanol–water partition coefficient (Wildman–Crippen LogP) is 3.05. The summed E-state index contributed by atoms with van der Waals surface area (Å²) < 4.78 is 18.9. The zero-order valence-electron chi connectivity index (χ0n) is 10.6. The quantitative estimate of drug-likeness (QED) is 0.858. The number of rotatable bonds is 2. The highest BCUT2D eigenvalue weighted by Crippen LogP contribution is 2.39. The molecule has 1 aliphatic rings. The second kappa shape index (κ2) is 4.39. The molecule has 1 aromatic carbocycles. The van der Waals surface area contributed by atoms with Crippen LogP contribution in [0.15, 0.2) is 12.1 Å². The molecule has 1 aliphatic heterocycles. The highest BCUT2D eigenvalue weighted by Gasteiger charge is 2.39. The van der Waals surface area contributed by atoms with Crippen LogP contribution in [0.3, 0.4) is 0 Å². The Balaban J connectivity index is 2.40. The maximum atomic E-state index is 13.2. The first-order valence-corrected chi connectivity index (χ1v) is 6.03. The highest BCUT2D eigenvalue weighted by atomic mass is 19.1. The van der Waals surface area contributed by atoms with Crippen LogP contribution in [0.2, 0.25) is 0 Å².